The molecule has 1 fully saturated rings. The smallest absolute Gasteiger partial charge is 0.224 e. The summed E-state index contributed by atoms with van der Waals surface area (Å²) in [5, 5.41) is 15.6. The van der Waals surface area contributed by atoms with Gasteiger partial charge in [-0.2, -0.15) is 0 Å². The molecule has 0 radical (unpaired) electrons. The molecule has 2 heterocycles. The molecule has 0 aliphatic carbocycles. The molecule has 0 spiro atoms. The van der Waals surface area contributed by atoms with E-state index >= 15 is 0 Å². The summed E-state index contributed by atoms with van der Waals surface area (Å²) in [4.78, 5) is 27.6. The Bertz CT molecular complexity index is 2210. The third kappa shape index (κ3) is 10.9. The number of fused-ring (bicyclic) bond motifs is 1. The fourth-order valence-electron chi connectivity index (χ4n) is 8.05. The molecule has 3 atom stereocenters. The highest BCUT2D eigenvalue weighted by molar-refractivity contribution is 5.93. The minimum absolute atomic E-state index is 0.00926. The Morgan fingerprint density at radius 2 is 1.48 bits per heavy atom. The number of nitrogens with two attached hydrogens (primary N) is 1. The van der Waals surface area contributed by atoms with Crippen molar-refractivity contribution in [3.8, 4) is 22.6 Å². The van der Waals surface area contributed by atoms with Gasteiger partial charge >= 0.3 is 0 Å². The Morgan fingerprint density at radius 1 is 0.800 bits per heavy atom. The van der Waals surface area contributed by atoms with Crippen LogP contribution in [0.5, 0.6) is 11.5 Å². The second kappa shape index (κ2) is 20.5. The number of methoxy groups -OCH3 is 2. The highest BCUT2D eigenvalue weighted by Crippen LogP contribution is 2.40. The van der Waals surface area contributed by atoms with Crippen LogP contribution in [0.2, 0.25) is 0 Å². The van der Waals surface area contributed by atoms with Crippen LogP contribution in [0.15, 0.2) is 109 Å². The van der Waals surface area contributed by atoms with E-state index in [0.29, 0.717) is 50.0 Å². The van der Waals surface area contributed by atoms with E-state index in [4.69, 9.17) is 24.7 Å². The quantitative estimate of drug-likeness (QED) is 0.0539. The van der Waals surface area contributed by atoms with Gasteiger partial charge in [0.15, 0.2) is 17.8 Å². The summed E-state index contributed by atoms with van der Waals surface area (Å²) in [7, 11) is 3.34. The maximum Gasteiger partial charge on any atom is 0.224 e. The molecule has 7 rings (SSSR count). The topological polar surface area (TPSA) is 145 Å². The van der Waals surface area contributed by atoms with E-state index in [9.17, 15) is 14.7 Å². The van der Waals surface area contributed by atoms with Gasteiger partial charge in [-0.25, -0.2) is 0 Å². The van der Waals surface area contributed by atoms with Gasteiger partial charge in [0.05, 0.1) is 44.4 Å². The summed E-state index contributed by atoms with van der Waals surface area (Å²) >= 11 is 0. The summed E-state index contributed by atoms with van der Waals surface area (Å²) in [5.41, 5.74) is 15.5. The van der Waals surface area contributed by atoms with Crippen molar-refractivity contribution in [2.75, 3.05) is 38.4 Å². The van der Waals surface area contributed by atoms with E-state index in [1.807, 2.05) is 54.6 Å². The molecule has 0 bridgehead atoms. The van der Waals surface area contributed by atoms with E-state index < -0.39 is 6.29 Å². The summed E-state index contributed by atoms with van der Waals surface area (Å²) in [5.74, 6) is 1.39. The monoisotopic (exact) mass is 812 g/mol. The Labute approximate surface area is 352 Å². The summed E-state index contributed by atoms with van der Waals surface area (Å²) < 4.78 is 24.6. The zero-order valence-electron chi connectivity index (χ0n) is 34.5. The van der Waals surface area contributed by atoms with Crippen molar-refractivity contribution >= 4 is 23.2 Å². The zero-order valence-corrected chi connectivity index (χ0v) is 34.5. The number of nitrogens with zero attached hydrogens (tertiary/aromatic N) is 1. The average Bonchev–Trinajstić information content (AvgIpc) is 3.28. The number of hydrogen-bond donors (Lipinski definition) is 4. The van der Waals surface area contributed by atoms with Gasteiger partial charge in [-0.05, 0) is 82.5 Å². The van der Waals surface area contributed by atoms with Crippen LogP contribution in [0, 0.1) is 0 Å². The lowest BCUT2D eigenvalue weighted by molar-refractivity contribution is -0.253. The van der Waals surface area contributed by atoms with E-state index in [1.54, 1.807) is 26.4 Å². The van der Waals surface area contributed by atoms with E-state index in [-0.39, 0.29) is 30.6 Å². The average molecular weight is 813 g/mol. The number of rotatable bonds is 17. The predicted octanol–water partition coefficient (Wildman–Crippen LogP) is 8.25. The highest BCUT2D eigenvalue weighted by atomic mass is 16.7. The largest absolute Gasteiger partial charge is 0.493 e. The first-order chi connectivity index (χ1) is 29.3. The van der Waals surface area contributed by atoms with Gasteiger partial charge in [0.2, 0.25) is 11.8 Å². The molecule has 5 aromatic rings. The molecule has 60 heavy (non-hydrogen) atoms. The number of ether oxygens (including phenoxy) is 4. The van der Waals surface area contributed by atoms with E-state index in [1.165, 1.54) is 11.1 Å². The Kier molecular flexibility index (Phi) is 14.5. The number of amides is 2. The molecular weight excluding hydrogens is 757 g/mol. The first kappa shape index (κ1) is 42.4. The number of nitrogens with one attached hydrogen (secondary N) is 2. The second-order valence-corrected chi connectivity index (χ2v) is 15.6. The number of unbranched alkanes of at least 4 members (excludes halogenated alkanes) is 2. The minimum atomic E-state index is -0.576. The predicted molar refractivity (Wildman–Crippen MR) is 233 cm³/mol. The fraction of sp³-hybridized carbons (Fsp3) is 0.347. The zero-order chi connectivity index (χ0) is 41.8. The molecular formula is C49H56N4O7. The SMILES string of the molecule is COc1cc2c(cc1OC)CN(C[C@H]1C[C@@H](c3ccc(CO)cc3)O[C@@H](c3ccc(-c4ccccc4CNC(=O)CCCCCC(=O)Nc4ccccc4N)cc3)O1)CC2. The van der Waals surface area contributed by atoms with Crippen LogP contribution in [0.4, 0.5) is 11.4 Å². The highest BCUT2D eigenvalue weighted by Gasteiger charge is 2.34. The van der Waals surface area contributed by atoms with Gasteiger partial charge < -0.3 is 40.4 Å². The van der Waals surface area contributed by atoms with Crippen LogP contribution in [0.1, 0.15) is 84.3 Å². The van der Waals surface area contributed by atoms with Crippen molar-refractivity contribution in [2.45, 2.75) is 83.1 Å². The number of para-hydroxylation sites is 2. The lowest BCUT2D eigenvalue weighted by atomic mass is 9.96. The number of aliphatic hydroxyl groups excluding tert-OH is 1. The lowest BCUT2D eigenvalue weighted by Gasteiger charge is -2.39. The van der Waals surface area contributed by atoms with Gasteiger partial charge in [0.25, 0.3) is 0 Å². The van der Waals surface area contributed by atoms with Crippen molar-refractivity contribution in [1.82, 2.24) is 10.2 Å². The minimum Gasteiger partial charge on any atom is -0.493 e. The molecule has 314 valence electrons. The number of carbonyl (C=O) groups excluding carboxylic acids is 2. The summed E-state index contributed by atoms with van der Waals surface area (Å²) in [6.45, 7) is 2.84. The number of carbonyl (C=O) groups is 2. The summed E-state index contributed by atoms with van der Waals surface area (Å²) in [6, 6.07) is 35.8. The van der Waals surface area contributed by atoms with Crippen molar-refractivity contribution < 1.29 is 33.6 Å². The third-order valence-corrected chi connectivity index (χ3v) is 11.4. The van der Waals surface area contributed by atoms with Crippen molar-refractivity contribution in [1.29, 1.82) is 0 Å². The standard InChI is InChI=1S/C49H56N4O7/c1-57-45-26-37-24-25-53(30-39(37)27-46(45)58-2)31-40-28-44(35-18-16-33(32-54)17-19-35)60-49(59-40)36-22-20-34(21-23-36)41-11-7-6-10-38(41)29-51-47(55)14-4-3-5-15-48(56)52-43-13-9-8-12-42(43)50/h6-13,16-23,26-27,40,44,49,54H,3-5,14-15,24-25,28-32,50H2,1-2H3,(H,51,55)(H,52,56)/t40-,44+,49+/m1/s1. The van der Waals surface area contributed by atoms with Gasteiger partial charge in [-0.15, -0.1) is 0 Å². The second-order valence-electron chi connectivity index (χ2n) is 15.6. The van der Waals surface area contributed by atoms with Crippen LogP contribution >= 0.6 is 0 Å². The van der Waals surface area contributed by atoms with Gasteiger partial charge in [-0.3, -0.25) is 14.5 Å². The number of anilines is 2. The van der Waals surface area contributed by atoms with E-state index in [0.717, 1.165) is 77.4 Å². The summed E-state index contributed by atoms with van der Waals surface area (Å²) in [6.07, 6.45) is 3.71. The first-order valence-electron chi connectivity index (χ1n) is 20.9. The van der Waals surface area contributed by atoms with Gasteiger partial charge in [-0.1, -0.05) is 91.3 Å². The molecule has 11 heteroatoms. The Morgan fingerprint density at radius 3 is 2.22 bits per heavy atom. The molecule has 5 N–H and O–H groups in total. The number of benzene rings is 5. The third-order valence-electron chi connectivity index (χ3n) is 11.4. The van der Waals surface area contributed by atoms with Gasteiger partial charge in [0.1, 0.15) is 0 Å². The molecule has 1 saturated heterocycles. The fourth-order valence-corrected chi connectivity index (χ4v) is 8.05. The lowest BCUT2D eigenvalue weighted by Crippen LogP contribution is -2.41. The molecule has 2 aliphatic heterocycles. The maximum atomic E-state index is 12.8. The molecule has 0 saturated carbocycles. The maximum absolute atomic E-state index is 12.8. The van der Waals surface area contributed by atoms with Crippen molar-refractivity contribution in [2.24, 2.45) is 0 Å². The normalized spacial score (nSPS) is 17.7. The van der Waals surface area contributed by atoms with Crippen LogP contribution in [-0.2, 0) is 45.2 Å². The van der Waals surface area contributed by atoms with Crippen LogP contribution in [-0.4, -0.2) is 55.2 Å². The first-order valence-corrected chi connectivity index (χ1v) is 20.9. The number of nitrogen functional groups attached to an aromatic ring is 1. The molecule has 0 unspecified atom stereocenters. The van der Waals surface area contributed by atoms with Crippen LogP contribution in [0.25, 0.3) is 11.1 Å². The molecule has 2 amide bonds. The van der Waals surface area contributed by atoms with E-state index in [2.05, 4.69) is 58.0 Å². The van der Waals surface area contributed by atoms with Gasteiger partial charge in [0, 0.05) is 51.0 Å². The molecule has 11 nitrogen and oxygen atoms in total. The van der Waals surface area contributed by atoms with Crippen molar-refractivity contribution in [3.05, 3.63) is 143 Å². The molecule has 0 aromatic heterocycles. The van der Waals surface area contributed by atoms with Crippen LogP contribution < -0.4 is 25.8 Å². The molecule has 2 aliphatic rings. The number of aliphatic hydroxyl groups is 1. The van der Waals surface area contributed by atoms with Crippen LogP contribution in [0.3, 0.4) is 0 Å². The Balaban J connectivity index is 0.958. The Hall–Kier alpha value is -5.72. The number of hydrogen-bond acceptors (Lipinski definition) is 9. The molecule has 5 aromatic carbocycles. The van der Waals surface area contributed by atoms with Crippen molar-refractivity contribution in [3.63, 3.8) is 0 Å².